The summed E-state index contributed by atoms with van der Waals surface area (Å²) in [6.45, 7) is 1.93. The Morgan fingerprint density at radius 3 is 3.09 bits per heavy atom. The highest BCUT2D eigenvalue weighted by atomic mass is 32.1. The number of carbonyl (C=O) groups excluding carboxylic acids is 1. The lowest BCUT2D eigenvalue weighted by molar-refractivity contribution is -0.121. The Kier molecular flexibility index (Phi) is 4.77. The van der Waals surface area contributed by atoms with Gasteiger partial charge in [0.25, 0.3) is 0 Å². The molecular formula is C16H16N4O2S. The van der Waals surface area contributed by atoms with Gasteiger partial charge in [0, 0.05) is 36.2 Å². The molecule has 1 atom stereocenters. The van der Waals surface area contributed by atoms with Crippen LogP contribution in [0.5, 0.6) is 0 Å². The van der Waals surface area contributed by atoms with Crippen LogP contribution in [-0.2, 0) is 11.2 Å². The lowest BCUT2D eigenvalue weighted by Crippen LogP contribution is -2.26. The maximum absolute atomic E-state index is 12.0. The van der Waals surface area contributed by atoms with E-state index < -0.39 is 0 Å². The Labute approximate surface area is 137 Å². The zero-order chi connectivity index (χ0) is 16.1. The molecule has 0 saturated carbocycles. The molecule has 1 N–H and O–H groups in total. The molecule has 0 radical (unpaired) electrons. The molecule has 6 nitrogen and oxygen atoms in total. The van der Waals surface area contributed by atoms with Crippen LogP contribution in [0.25, 0.3) is 11.4 Å². The van der Waals surface area contributed by atoms with E-state index >= 15 is 0 Å². The summed E-state index contributed by atoms with van der Waals surface area (Å²) < 4.78 is 5.18. The van der Waals surface area contributed by atoms with Gasteiger partial charge in [-0.05, 0) is 30.0 Å². The zero-order valence-electron chi connectivity index (χ0n) is 12.6. The van der Waals surface area contributed by atoms with Crippen molar-refractivity contribution in [3.63, 3.8) is 0 Å². The van der Waals surface area contributed by atoms with Crippen molar-refractivity contribution in [1.29, 1.82) is 0 Å². The molecule has 0 saturated heterocycles. The highest BCUT2D eigenvalue weighted by molar-refractivity contribution is 7.08. The van der Waals surface area contributed by atoms with E-state index in [4.69, 9.17) is 4.52 Å². The Hall–Kier alpha value is -2.54. The Morgan fingerprint density at radius 2 is 2.35 bits per heavy atom. The molecule has 3 rings (SSSR count). The molecule has 0 fully saturated rings. The highest BCUT2D eigenvalue weighted by Gasteiger charge is 2.13. The summed E-state index contributed by atoms with van der Waals surface area (Å²) in [5, 5.41) is 10.8. The number of nitrogens with one attached hydrogen (secondary N) is 1. The van der Waals surface area contributed by atoms with Crippen molar-refractivity contribution < 1.29 is 9.32 Å². The van der Waals surface area contributed by atoms with Crippen molar-refractivity contribution in [2.45, 2.75) is 25.8 Å². The van der Waals surface area contributed by atoms with E-state index in [1.54, 1.807) is 23.7 Å². The van der Waals surface area contributed by atoms with Gasteiger partial charge in [-0.25, -0.2) is 0 Å². The van der Waals surface area contributed by atoms with Crippen LogP contribution < -0.4 is 5.32 Å². The lowest BCUT2D eigenvalue weighted by atomic mass is 10.1. The van der Waals surface area contributed by atoms with Crippen LogP contribution in [0.3, 0.4) is 0 Å². The predicted octanol–water partition coefficient (Wildman–Crippen LogP) is 3.00. The van der Waals surface area contributed by atoms with Gasteiger partial charge in [-0.1, -0.05) is 11.2 Å². The minimum absolute atomic E-state index is 0.0587. The Morgan fingerprint density at radius 1 is 1.43 bits per heavy atom. The van der Waals surface area contributed by atoms with Gasteiger partial charge in [0.2, 0.25) is 17.6 Å². The van der Waals surface area contributed by atoms with E-state index in [2.05, 4.69) is 20.4 Å². The highest BCUT2D eigenvalue weighted by Crippen LogP contribution is 2.19. The normalized spacial score (nSPS) is 12.0. The van der Waals surface area contributed by atoms with Gasteiger partial charge < -0.3 is 9.84 Å². The number of rotatable bonds is 6. The van der Waals surface area contributed by atoms with Crippen molar-refractivity contribution in [3.8, 4) is 11.4 Å². The van der Waals surface area contributed by atoms with Crippen molar-refractivity contribution >= 4 is 17.2 Å². The van der Waals surface area contributed by atoms with Gasteiger partial charge in [0.15, 0.2) is 0 Å². The van der Waals surface area contributed by atoms with Crippen LogP contribution in [0, 0.1) is 0 Å². The third-order valence-electron chi connectivity index (χ3n) is 3.38. The van der Waals surface area contributed by atoms with Crippen molar-refractivity contribution in [2.75, 3.05) is 0 Å². The van der Waals surface area contributed by atoms with Crippen molar-refractivity contribution in [3.05, 3.63) is 52.8 Å². The fourth-order valence-electron chi connectivity index (χ4n) is 2.11. The van der Waals surface area contributed by atoms with Gasteiger partial charge in [-0.2, -0.15) is 16.3 Å². The fraction of sp³-hybridized carbons (Fsp3) is 0.250. The second-order valence-corrected chi connectivity index (χ2v) is 5.88. The quantitative estimate of drug-likeness (QED) is 0.752. The molecule has 0 aromatic carbocycles. The first-order valence-corrected chi connectivity index (χ1v) is 8.21. The first-order chi connectivity index (χ1) is 11.2. The third-order valence-corrected chi connectivity index (χ3v) is 4.06. The summed E-state index contributed by atoms with van der Waals surface area (Å²) in [7, 11) is 0. The standard InChI is InChI=1S/C16H16N4O2S/c1-11(12-3-2-7-17-9-12)18-14(21)4-5-15-19-16(20-22-15)13-6-8-23-10-13/h2-3,6-11H,4-5H2,1H3,(H,18,21)/t11-/m0/s1. The molecular weight excluding hydrogens is 312 g/mol. The first kappa shape index (κ1) is 15.4. The largest absolute Gasteiger partial charge is 0.350 e. The molecule has 3 aromatic rings. The van der Waals surface area contributed by atoms with Gasteiger partial charge in [0.1, 0.15) is 0 Å². The van der Waals surface area contributed by atoms with E-state index in [1.165, 1.54) is 0 Å². The summed E-state index contributed by atoms with van der Waals surface area (Å²) in [5.74, 6) is 0.970. The molecule has 0 aliphatic carbocycles. The summed E-state index contributed by atoms with van der Waals surface area (Å²) in [4.78, 5) is 20.4. The monoisotopic (exact) mass is 328 g/mol. The molecule has 0 unspecified atom stereocenters. The molecule has 7 heteroatoms. The minimum Gasteiger partial charge on any atom is -0.350 e. The average molecular weight is 328 g/mol. The molecule has 1 amide bonds. The number of nitrogens with zero attached hydrogens (tertiary/aromatic N) is 3. The van der Waals surface area contributed by atoms with Gasteiger partial charge in [0.05, 0.1) is 6.04 Å². The number of thiophene rings is 1. The number of pyridine rings is 1. The molecule has 0 aliphatic heterocycles. The van der Waals surface area contributed by atoms with Crippen molar-refractivity contribution in [1.82, 2.24) is 20.4 Å². The molecule has 0 aliphatic rings. The smallest absolute Gasteiger partial charge is 0.227 e. The topological polar surface area (TPSA) is 80.9 Å². The van der Waals surface area contributed by atoms with Gasteiger partial charge in [-0.3, -0.25) is 9.78 Å². The minimum atomic E-state index is -0.0831. The van der Waals surface area contributed by atoms with Crippen molar-refractivity contribution in [2.24, 2.45) is 0 Å². The summed E-state index contributed by atoms with van der Waals surface area (Å²) >= 11 is 1.58. The van der Waals surface area contributed by atoms with Crippen LogP contribution in [0.15, 0.2) is 45.9 Å². The van der Waals surface area contributed by atoms with E-state index in [1.807, 2.05) is 35.9 Å². The first-order valence-electron chi connectivity index (χ1n) is 7.27. The lowest BCUT2D eigenvalue weighted by Gasteiger charge is -2.13. The van der Waals surface area contributed by atoms with E-state index in [-0.39, 0.29) is 11.9 Å². The Balaban J connectivity index is 1.51. The number of carbonyl (C=O) groups is 1. The molecule has 0 bridgehead atoms. The summed E-state index contributed by atoms with van der Waals surface area (Å²) in [6.07, 6.45) is 4.17. The number of aromatic nitrogens is 3. The predicted molar refractivity (Wildman–Crippen MR) is 86.7 cm³/mol. The van der Waals surface area contributed by atoms with Crippen LogP contribution in [0.2, 0.25) is 0 Å². The van der Waals surface area contributed by atoms with Crippen LogP contribution >= 0.6 is 11.3 Å². The summed E-state index contributed by atoms with van der Waals surface area (Å²) in [6, 6.07) is 5.63. The maximum Gasteiger partial charge on any atom is 0.227 e. The Bertz CT molecular complexity index is 756. The summed E-state index contributed by atoms with van der Waals surface area (Å²) in [5.41, 5.74) is 1.90. The van der Waals surface area contributed by atoms with Gasteiger partial charge in [-0.15, -0.1) is 0 Å². The molecule has 3 heterocycles. The molecule has 0 spiro atoms. The second-order valence-electron chi connectivity index (χ2n) is 5.10. The van der Waals surface area contributed by atoms with Crippen LogP contribution in [0.1, 0.15) is 30.8 Å². The zero-order valence-corrected chi connectivity index (χ0v) is 13.4. The van der Waals surface area contributed by atoms with E-state index in [0.29, 0.717) is 24.6 Å². The molecule has 118 valence electrons. The second kappa shape index (κ2) is 7.15. The fourth-order valence-corrected chi connectivity index (χ4v) is 2.75. The van der Waals surface area contributed by atoms with Crippen LogP contribution in [-0.4, -0.2) is 21.0 Å². The molecule has 3 aromatic heterocycles. The van der Waals surface area contributed by atoms with E-state index in [0.717, 1.165) is 11.1 Å². The molecule has 23 heavy (non-hydrogen) atoms. The van der Waals surface area contributed by atoms with E-state index in [9.17, 15) is 4.79 Å². The van der Waals surface area contributed by atoms with Crippen LogP contribution in [0.4, 0.5) is 0 Å². The number of hydrogen-bond donors (Lipinski definition) is 1. The SMILES string of the molecule is C[C@H](NC(=O)CCc1nc(-c2ccsc2)no1)c1cccnc1. The maximum atomic E-state index is 12.0. The number of aryl methyl sites for hydroxylation is 1. The number of amides is 1. The average Bonchev–Trinajstić information content (AvgIpc) is 3.25. The van der Waals surface area contributed by atoms with Gasteiger partial charge >= 0.3 is 0 Å². The third kappa shape index (κ3) is 4.01. The number of hydrogen-bond acceptors (Lipinski definition) is 6.